The summed E-state index contributed by atoms with van der Waals surface area (Å²) in [7, 11) is 1.33. The van der Waals surface area contributed by atoms with Crippen LogP contribution in [0.3, 0.4) is 0 Å². The number of amides is 1. The molecule has 198 valence electrons. The summed E-state index contributed by atoms with van der Waals surface area (Å²) in [4.78, 5) is 25.5. The van der Waals surface area contributed by atoms with Gasteiger partial charge in [-0.15, -0.1) is 21.5 Å². The summed E-state index contributed by atoms with van der Waals surface area (Å²) in [6.07, 6.45) is 0. The second-order valence-electron chi connectivity index (χ2n) is 8.80. The van der Waals surface area contributed by atoms with Crippen LogP contribution in [-0.4, -0.2) is 39.5 Å². The van der Waals surface area contributed by atoms with Gasteiger partial charge in [0.1, 0.15) is 22.9 Å². The van der Waals surface area contributed by atoms with Crippen molar-refractivity contribution in [2.45, 2.75) is 46.0 Å². The summed E-state index contributed by atoms with van der Waals surface area (Å²) < 4.78 is 12.9. The molecule has 0 aliphatic heterocycles. The van der Waals surface area contributed by atoms with Crippen molar-refractivity contribution in [3.05, 3.63) is 75.9 Å². The van der Waals surface area contributed by atoms with Crippen LogP contribution in [0.15, 0.2) is 53.0 Å². The molecule has 0 fully saturated rings. The predicted octanol–water partition coefficient (Wildman–Crippen LogP) is 6.05. The van der Waals surface area contributed by atoms with Crippen LogP contribution in [0.5, 0.6) is 5.75 Å². The van der Waals surface area contributed by atoms with E-state index in [4.69, 9.17) is 9.47 Å². The molecule has 0 atom stereocenters. The third-order valence-electron chi connectivity index (χ3n) is 5.80. The van der Waals surface area contributed by atoms with Crippen molar-refractivity contribution >= 4 is 40.0 Å². The van der Waals surface area contributed by atoms with Crippen LogP contribution in [-0.2, 0) is 22.7 Å². The second-order valence-corrected chi connectivity index (χ2v) is 10.6. The first-order valence-electron chi connectivity index (χ1n) is 12.1. The average molecular weight is 551 g/mol. The minimum atomic E-state index is -0.496. The number of carbonyl (C=O) groups excluding carboxylic acids is 2. The molecule has 2 aromatic carbocycles. The van der Waals surface area contributed by atoms with E-state index in [1.165, 1.54) is 30.2 Å². The first kappa shape index (κ1) is 27.4. The number of nitrogens with zero attached hydrogens (tertiary/aromatic N) is 3. The molecule has 1 amide bonds. The fourth-order valence-electron chi connectivity index (χ4n) is 4.01. The lowest BCUT2D eigenvalue weighted by molar-refractivity contribution is -0.113. The van der Waals surface area contributed by atoms with Crippen molar-refractivity contribution in [2.75, 3.05) is 18.2 Å². The Morgan fingerprint density at radius 3 is 2.39 bits per heavy atom. The highest BCUT2D eigenvalue weighted by molar-refractivity contribution is 7.99. The minimum absolute atomic E-state index is 0.106. The normalized spacial score (nSPS) is 10.9. The van der Waals surface area contributed by atoms with Gasteiger partial charge in [-0.3, -0.25) is 4.79 Å². The van der Waals surface area contributed by atoms with Gasteiger partial charge in [-0.25, -0.2) is 4.79 Å². The molecule has 8 nitrogen and oxygen atoms in total. The number of ether oxygens (including phenoxy) is 2. The first-order chi connectivity index (χ1) is 18.3. The van der Waals surface area contributed by atoms with Crippen LogP contribution in [0, 0.1) is 20.8 Å². The number of anilines is 1. The summed E-state index contributed by atoms with van der Waals surface area (Å²) in [5.41, 5.74) is 5.34. The van der Waals surface area contributed by atoms with E-state index >= 15 is 0 Å². The second kappa shape index (κ2) is 12.3. The van der Waals surface area contributed by atoms with E-state index in [1.54, 1.807) is 0 Å². The zero-order valence-corrected chi connectivity index (χ0v) is 23.7. The molecule has 38 heavy (non-hydrogen) atoms. The van der Waals surface area contributed by atoms with Gasteiger partial charge in [0.15, 0.2) is 11.0 Å². The Hall–Kier alpha value is -3.63. The van der Waals surface area contributed by atoms with Crippen molar-refractivity contribution in [1.82, 2.24) is 14.8 Å². The molecule has 0 saturated carbocycles. The number of hydrogen-bond donors (Lipinski definition) is 1. The van der Waals surface area contributed by atoms with Crippen LogP contribution in [0.4, 0.5) is 5.00 Å². The lowest BCUT2D eigenvalue weighted by Gasteiger charge is -2.10. The third-order valence-corrected chi connectivity index (χ3v) is 7.66. The Bertz CT molecular complexity index is 1420. The summed E-state index contributed by atoms with van der Waals surface area (Å²) in [5.74, 6) is 0.821. The fourth-order valence-corrected chi connectivity index (χ4v) is 5.80. The van der Waals surface area contributed by atoms with E-state index in [2.05, 4.69) is 21.6 Å². The molecule has 0 aliphatic rings. The van der Waals surface area contributed by atoms with Gasteiger partial charge in [-0.05, 0) is 56.5 Å². The molecule has 10 heteroatoms. The van der Waals surface area contributed by atoms with Gasteiger partial charge < -0.3 is 19.4 Å². The van der Waals surface area contributed by atoms with Gasteiger partial charge >= 0.3 is 5.97 Å². The molecule has 0 radical (unpaired) electrons. The highest BCUT2D eigenvalue weighted by Crippen LogP contribution is 2.36. The number of nitrogens with one attached hydrogen (secondary N) is 1. The van der Waals surface area contributed by atoms with Gasteiger partial charge in [-0.1, -0.05) is 47.7 Å². The number of aryl methyl sites for hydroxylation is 3. The molecular weight excluding hydrogens is 520 g/mol. The lowest BCUT2D eigenvalue weighted by Crippen LogP contribution is -2.16. The summed E-state index contributed by atoms with van der Waals surface area (Å²) >= 11 is 2.58. The average Bonchev–Trinajstić information content (AvgIpc) is 3.49. The first-order valence-corrected chi connectivity index (χ1v) is 14.0. The number of esters is 1. The van der Waals surface area contributed by atoms with E-state index in [-0.39, 0.29) is 18.3 Å². The zero-order chi connectivity index (χ0) is 27.2. The van der Waals surface area contributed by atoms with Crippen molar-refractivity contribution in [2.24, 2.45) is 0 Å². The number of benzene rings is 2. The maximum Gasteiger partial charge on any atom is 0.341 e. The number of methoxy groups -OCH3 is 1. The van der Waals surface area contributed by atoms with Gasteiger partial charge in [0.2, 0.25) is 5.91 Å². The molecular formula is C28H30N4O4S2. The number of thiophene rings is 1. The highest BCUT2D eigenvalue weighted by Gasteiger charge is 2.23. The van der Waals surface area contributed by atoms with Crippen LogP contribution >= 0.6 is 23.1 Å². The fraction of sp³-hybridized carbons (Fsp3) is 0.286. The third kappa shape index (κ3) is 6.43. The van der Waals surface area contributed by atoms with E-state index in [0.717, 1.165) is 33.6 Å². The Morgan fingerprint density at radius 2 is 1.74 bits per heavy atom. The van der Waals surface area contributed by atoms with Gasteiger partial charge in [0.05, 0.1) is 12.9 Å². The minimum Gasteiger partial charge on any atom is -0.486 e. The molecule has 1 N–H and O–H groups in total. The summed E-state index contributed by atoms with van der Waals surface area (Å²) in [6.45, 7) is 8.97. The van der Waals surface area contributed by atoms with E-state index in [0.29, 0.717) is 28.1 Å². The number of aromatic nitrogens is 3. The maximum absolute atomic E-state index is 12.9. The number of hydrogen-bond acceptors (Lipinski definition) is 8. The van der Waals surface area contributed by atoms with Gasteiger partial charge in [0, 0.05) is 17.5 Å². The van der Waals surface area contributed by atoms with Crippen LogP contribution in [0.25, 0.3) is 11.1 Å². The van der Waals surface area contributed by atoms with Gasteiger partial charge in [-0.2, -0.15) is 0 Å². The standard InChI is InChI=1S/C28H30N4O4S2/c1-6-32-23(14-36-21-12-18(3)11-19(4)13-21)30-31-28(32)38-16-24(33)29-26-25(27(34)35-5)22(15-37-26)20-9-7-17(2)8-10-20/h7-13,15H,6,14,16H2,1-5H3,(H,29,33). The van der Waals surface area contributed by atoms with Crippen LogP contribution in [0.2, 0.25) is 0 Å². The van der Waals surface area contributed by atoms with Crippen molar-refractivity contribution in [3.63, 3.8) is 0 Å². The lowest BCUT2D eigenvalue weighted by atomic mass is 10.0. The van der Waals surface area contributed by atoms with E-state index in [9.17, 15) is 9.59 Å². The Morgan fingerprint density at radius 1 is 1.03 bits per heavy atom. The van der Waals surface area contributed by atoms with Crippen LogP contribution in [0.1, 0.15) is 39.8 Å². The topological polar surface area (TPSA) is 95.3 Å². The molecule has 0 unspecified atom stereocenters. The Kier molecular flexibility index (Phi) is 8.85. The van der Waals surface area contributed by atoms with Crippen molar-refractivity contribution in [1.29, 1.82) is 0 Å². The van der Waals surface area contributed by atoms with Crippen molar-refractivity contribution in [3.8, 4) is 16.9 Å². The molecule has 0 aliphatic carbocycles. The highest BCUT2D eigenvalue weighted by atomic mass is 32.2. The molecule has 4 aromatic rings. The summed E-state index contributed by atoms with van der Waals surface area (Å²) in [6, 6.07) is 13.9. The van der Waals surface area contributed by atoms with Crippen LogP contribution < -0.4 is 10.1 Å². The number of rotatable bonds is 10. The smallest absolute Gasteiger partial charge is 0.341 e. The van der Waals surface area contributed by atoms with E-state index in [1.807, 2.05) is 74.0 Å². The Balaban J connectivity index is 1.43. The Labute approximate surface area is 230 Å². The number of carbonyl (C=O) groups is 2. The monoisotopic (exact) mass is 550 g/mol. The molecule has 0 bridgehead atoms. The molecule has 2 aromatic heterocycles. The molecule has 0 saturated heterocycles. The van der Waals surface area contributed by atoms with Crippen molar-refractivity contribution < 1.29 is 19.1 Å². The van der Waals surface area contributed by atoms with Gasteiger partial charge in [0.25, 0.3) is 0 Å². The molecule has 0 spiro atoms. The number of thioether (sulfide) groups is 1. The predicted molar refractivity (Wildman–Crippen MR) is 151 cm³/mol. The molecule has 2 heterocycles. The summed E-state index contributed by atoms with van der Waals surface area (Å²) in [5, 5.41) is 14.4. The quantitative estimate of drug-likeness (QED) is 0.190. The van der Waals surface area contributed by atoms with E-state index < -0.39 is 5.97 Å². The molecule has 4 rings (SSSR count). The largest absolute Gasteiger partial charge is 0.486 e. The zero-order valence-electron chi connectivity index (χ0n) is 22.0. The maximum atomic E-state index is 12.9. The SMILES string of the molecule is CCn1c(COc2cc(C)cc(C)c2)nnc1SCC(=O)Nc1scc(-c2ccc(C)cc2)c1C(=O)OC.